The Bertz CT molecular complexity index is 2770. The van der Waals surface area contributed by atoms with Gasteiger partial charge in [-0.25, -0.2) is 9.98 Å². The van der Waals surface area contributed by atoms with E-state index < -0.39 is 6.17 Å². The highest BCUT2D eigenvalue weighted by Crippen LogP contribution is 2.40. The monoisotopic (exact) mass is 617 g/mol. The van der Waals surface area contributed by atoms with E-state index in [0.717, 1.165) is 82.9 Å². The lowest BCUT2D eigenvalue weighted by atomic mass is 9.99. The third-order valence-electron chi connectivity index (χ3n) is 9.33. The van der Waals surface area contributed by atoms with Crippen LogP contribution in [0, 0.1) is 0 Å². The third-order valence-corrected chi connectivity index (χ3v) is 9.33. The number of benzene rings is 7. The average molecular weight is 618 g/mol. The number of aliphatic imine (C=N–C) groups is 2. The van der Waals surface area contributed by atoms with Crippen molar-refractivity contribution in [2.75, 3.05) is 0 Å². The van der Waals surface area contributed by atoms with Crippen LogP contribution in [-0.2, 0) is 0 Å². The van der Waals surface area contributed by atoms with Crippen LogP contribution < -0.4 is 5.32 Å². The Morgan fingerprint density at radius 2 is 1.25 bits per heavy atom. The van der Waals surface area contributed by atoms with Crippen molar-refractivity contribution in [2.45, 2.75) is 6.17 Å². The molecule has 0 saturated carbocycles. The van der Waals surface area contributed by atoms with Gasteiger partial charge in [-0.3, -0.25) is 0 Å². The van der Waals surface area contributed by atoms with Gasteiger partial charge >= 0.3 is 0 Å². The first-order valence-corrected chi connectivity index (χ1v) is 16.1. The number of fused-ring (bicyclic) bond motifs is 7. The number of hydrogen-bond acceptors (Lipinski definition) is 5. The molecule has 0 saturated heterocycles. The van der Waals surface area contributed by atoms with Gasteiger partial charge in [-0.1, -0.05) is 115 Å². The summed E-state index contributed by atoms with van der Waals surface area (Å²) in [5.41, 5.74) is 8.54. The molecule has 7 aromatic carbocycles. The molecule has 48 heavy (non-hydrogen) atoms. The SMILES string of the molecule is c1ccc(-c2cccc3c2oc2cccc(C4N=C(c5ccc6ccccc6c5)N=C(c5ccc6oc7ccccc7c6c5)N4)c23)cc1. The molecule has 1 aliphatic rings. The van der Waals surface area contributed by atoms with E-state index >= 15 is 0 Å². The van der Waals surface area contributed by atoms with Crippen LogP contribution in [-0.4, -0.2) is 11.7 Å². The first-order chi connectivity index (χ1) is 23.8. The van der Waals surface area contributed by atoms with Crippen LogP contribution >= 0.6 is 0 Å². The average Bonchev–Trinajstić information content (AvgIpc) is 3.73. The van der Waals surface area contributed by atoms with Crippen molar-refractivity contribution in [3.8, 4) is 11.1 Å². The predicted molar refractivity (Wildman–Crippen MR) is 196 cm³/mol. The number of para-hydroxylation sites is 2. The normalized spacial score (nSPS) is 14.9. The van der Waals surface area contributed by atoms with Gasteiger partial charge in [-0.05, 0) is 52.7 Å². The van der Waals surface area contributed by atoms with Crippen molar-refractivity contribution >= 4 is 66.3 Å². The molecule has 0 spiro atoms. The summed E-state index contributed by atoms with van der Waals surface area (Å²) in [5.74, 6) is 1.42. The predicted octanol–water partition coefficient (Wildman–Crippen LogP) is 10.8. The van der Waals surface area contributed by atoms with Gasteiger partial charge in [0.2, 0.25) is 0 Å². The molecule has 0 fully saturated rings. The number of nitrogens with one attached hydrogen (secondary N) is 1. The highest BCUT2D eigenvalue weighted by atomic mass is 16.3. The number of amidine groups is 2. The van der Waals surface area contributed by atoms with E-state index in [-0.39, 0.29) is 0 Å². The Balaban J connectivity index is 1.17. The minimum Gasteiger partial charge on any atom is -0.456 e. The number of rotatable bonds is 4. The van der Waals surface area contributed by atoms with E-state index in [1.807, 2.05) is 42.5 Å². The van der Waals surface area contributed by atoms with E-state index in [1.165, 1.54) is 5.39 Å². The fourth-order valence-electron chi connectivity index (χ4n) is 7.04. The molecule has 10 rings (SSSR count). The summed E-state index contributed by atoms with van der Waals surface area (Å²) in [6, 6.07) is 52.2. The van der Waals surface area contributed by atoms with Crippen molar-refractivity contribution in [1.82, 2.24) is 5.32 Å². The Kier molecular flexibility index (Phi) is 5.87. The van der Waals surface area contributed by atoms with Crippen molar-refractivity contribution < 1.29 is 8.83 Å². The molecule has 1 aliphatic heterocycles. The molecule has 9 aromatic rings. The molecule has 0 aliphatic carbocycles. The summed E-state index contributed by atoms with van der Waals surface area (Å²) in [5, 5.41) is 10.3. The highest BCUT2D eigenvalue weighted by molar-refractivity contribution is 6.17. The second kappa shape index (κ2) is 10.5. The molecule has 1 unspecified atom stereocenters. The maximum absolute atomic E-state index is 6.60. The third kappa shape index (κ3) is 4.25. The second-order valence-corrected chi connectivity index (χ2v) is 12.2. The minimum atomic E-state index is -0.416. The summed E-state index contributed by atoms with van der Waals surface area (Å²) in [6.45, 7) is 0. The Labute approximate surface area is 275 Å². The van der Waals surface area contributed by atoms with E-state index in [4.69, 9.17) is 18.8 Å². The fraction of sp³-hybridized carbons (Fsp3) is 0.0233. The minimum absolute atomic E-state index is 0.416. The maximum atomic E-state index is 6.60. The van der Waals surface area contributed by atoms with Crippen LogP contribution in [0.5, 0.6) is 0 Å². The zero-order chi connectivity index (χ0) is 31.6. The van der Waals surface area contributed by atoms with E-state index in [9.17, 15) is 0 Å². The summed E-state index contributed by atoms with van der Waals surface area (Å²) in [4.78, 5) is 10.4. The summed E-state index contributed by atoms with van der Waals surface area (Å²) >= 11 is 0. The molecule has 5 nitrogen and oxygen atoms in total. The van der Waals surface area contributed by atoms with Crippen LogP contribution in [0.3, 0.4) is 0 Å². The van der Waals surface area contributed by atoms with Crippen molar-refractivity contribution in [2.24, 2.45) is 9.98 Å². The topological polar surface area (TPSA) is 63.0 Å². The summed E-state index contributed by atoms with van der Waals surface area (Å²) in [7, 11) is 0. The first-order valence-electron chi connectivity index (χ1n) is 16.1. The van der Waals surface area contributed by atoms with Gasteiger partial charge in [0.25, 0.3) is 0 Å². The molecular weight excluding hydrogens is 590 g/mol. The molecule has 3 heterocycles. The van der Waals surface area contributed by atoms with Crippen LogP contribution in [0.1, 0.15) is 22.9 Å². The Morgan fingerprint density at radius 3 is 2.19 bits per heavy atom. The zero-order valence-electron chi connectivity index (χ0n) is 25.7. The van der Waals surface area contributed by atoms with Gasteiger partial charge in [0, 0.05) is 43.8 Å². The molecule has 2 aromatic heterocycles. The van der Waals surface area contributed by atoms with Gasteiger partial charge < -0.3 is 14.2 Å². The van der Waals surface area contributed by atoms with Crippen molar-refractivity contribution in [3.05, 3.63) is 168 Å². The standard InChI is InChI=1S/C43H27N3O2/c1-2-11-27(12-3-1)31-15-8-16-33-39-34(17-9-19-38(39)48-40(31)33)43-45-41(29-21-20-26-10-4-5-13-28(26)24-29)44-42(46-43)30-22-23-37-35(25-30)32-14-6-7-18-36(32)47-37/h1-25,43H,(H,44,45,46). The Hall–Kier alpha value is -6.46. The quantitative estimate of drug-likeness (QED) is 0.214. The largest absolute Gasteiger partial charge is 0.456 e. The summed E-state index contributed by atoms with van der Waals surface area (Å²) < 4.78 is 12.7. The molecule has 5 heteroatoms. The molecule has 1 N–H and O–H groups in total. The molecule has 226 valence electrons. The first kappa shape index (κ1) is 26.7. The van der Waals surface area contributed by atoms with E-state index in [0.29, 0.717) is 5.84 Å². The van der Waals surface area contributed by atoms with Gasteiger partial charge in [0.05, 0.1) is 0 Å². The second-order valence-electron chi connectivity index (χ2n) is 12.2. The van der Waals surface area contributed by atoms with Crippen LogP contribution in [0.2, 0.25) is 0 Å². The van der Waals surface area contributed by atoms with Crippen LogP contribution in [0.25, 0.3) is 65.8 Å². The van der Waals surface area contributed by atoms with Gasteiger partial charge in [-0.15, -0.1) is 0 Å². The van der Waals surface area contributed by atoms with Crippen LogP contribution in [0.4, 0.5) is 0 Å². The Morgan fingerprint density at radius 1 is 0.500 bits per heavy atom. The van der Waals surface area contributed by atoms with Gasteiger partial charge in [0.15, 0.2) is 5.84 Å². The summed E-state index contributed by atoms with van der Waals surface area (Å²) in [6.07, 6.45) is -0.416. The van der Waals surface area contributed by atoms with E-state index in [2.05, 4.69) is 115 Å². The molecular formula is C43H27N3O2. The van der Waals surface area contributed by atoms with Gasteiger partial charge in [-0.2, -0.15) is 0 Å². The van der Waals surface area contributed by atoms with E-state index in [1.54, 1.807) is 0 Å². The highest BCUT2D eigenvalue weighted by Gasteiger charge is 2.25. The zero-order valence-corrected chi connectivity index (χ0v) is 25.7. The molecule has 0 radical (unpaired) electrons. The number of hydrogen-bond donors (Lipinski definition) is 1. The molecule has 1 atom stereocenters. The lowest BCUT2D eigenvalue weighted by Gasteiger charge is -2.24. The number of nitrogens with zero attached hydrogens (tertiary/aromatic N) is 2. The maximum Gasteiger partial charge on any atom is 0.159 e. The smallest absolute Gasteiger partial charge is 0.159 e. The molecule has 0 bridgehead atoms. The van der Waals surface area contributed by atoms with Gasteiger partial charge in [0.1, 0.15) is 34.3 Å². The van der Waals surface area contributed by atoms with Crippen molar-refractivity contribution in [3.63, 3.8) is 0 Å². The van der Waals surface area contributed by atoms with Crippen LogP contribution in [0.15, 0.2) is 170 Å². The number of furan rings is 2. The molecule has 0 amide bonds. The lowest BCUT2D eigenvalue weighted by molar-refractivity contribution is 0.662. The lowest BCUT2D eigenvalue weighted by Crippen LogP contribution is -2.33. The fourth-order valence-corrected chi connectivity index (χ4v) is 7.04. The van der Waals surface area contributed by atoms with Crippen molar-refractivity contribution in [1.29, 1.82) is 0 Å².